The number of rotatable bonds is 6. The molecule has 148 valence electrons. The number of anilines is 1. The van der Waals surface area contributed by atoms with Crippen molar-refractivity contribution in [2.45, 2.75) is 37.9 Å². The van der Waals surface area contributed by atoms with E-state index in [-0.39, 0.29) is 5.82 Å². The normalized spacial score (nSPS) is 12.6. The van der Waals surface area contributed by atoms with Gasteiger partial charge in [0.15, 0.2) is 5.82 Å². The molecule has 0 atom stereocenters. The van der Waals surface area contributed by atoms with Crippen molar-refractivity contribution in [3.05, 3.63) is 41.7 Å². The SMILES string of the molecule is Cc1cc(NC(=O)CN(C(C)C)S(=O)(=O)c2cccc(C(F)(F)F)c2)no1. The van der Waals surface area contributed by atoms with E-state index < -0.39 is 45.2 Å². The van der Waals surface area contributed by atoms with Crippen molar-refractivity contribution >= 4 is 21.7 Å². The van der Waals surface area contributed by atoms with Gasteiger partial charge in [0.05, 0.1) is 17.0 Å². The van der Waals surface area contributed by atoms with Gasteiger partial charge >= 0.3 is 6.18 Å². The lowest BCUT2D eigenvalue weighted by molar-refractivity contribution is -0.137. The van der Waals surface area contributed by atoms with E-state index in [0.717, 1.165) is 22.5 Å². The maximum Gasteiger partial charge on any atom is 0.416 e. The van der Waals surface area contributed by atoms with E-state index in [1.165, 1.54) is 19.9 Å². The predicted molar refractivity (Wildman–Crippen MR) is 90.3 cm³/mol. The molecule has 0 unspecified atom stereocenters. The van der Waals surface area contributed by atoms with Gasteiger partial charge in [-0.1, -0.05) is 11.2 Å². The summed E-state index contributed by atoms with van der Waals surface area (Å²) in [7, 11) is -4.34. The van der Waals surface area contributed by atoms with Crippen LogP contribution in [-0.2, 0) is 21.0 Å². The number of nitrogens with zero attached hydrogens (tertiary/aromatic N) is 2. The zero-order chi connectivity index (χ0) is 20.4. The van der Waals surface area contributed by atoms with Crippen molar-refractivity contribution in [2.24, 2.45) is 0 Å². The van der Waals surface area contributed by atoms with Gasteiger partial charge in [0.2, 0.25) is 15.9 Å². The van der Waals surface area contributed by atoms with Crippen LogP contribution >= 0.6 is 0 Å². The Balaban J connectivity index is 2.28. The molecule has 0 saturated heterocycles. The van der Waals surface area contributed by atoms with E-state index in [9.17, 15) is 26.4 Å². The number of aromatic nitrogens is 1. The van der Waals surface area contributed by atoms with Gasteiger partial charge < -0.3 is 9.84 Å². The molecule has 1 heterocycles. The van der Waals surface area contributed by atoms with Crippen molar-refractivity contribution in [1.82, 2.24) is 9.46 Å². The van der Waals surface area contributed by atoms with Crippen LogP contribution in [0, 0.1) is 6.92 Å². The second-order valence-corrected chi connectivity index (χ2v) is 7.93. The van der Waals surface area contributed by atoms with Gasteiger partial charge in [0.1, 0.15) is 5.76 Å². The van der Waals surface area contributed by atoms with Gasteiger partial charge in [-0.25, -0.2) is 8.42 Å². The molecule has 0 bridgehead atoms. The van der Waals surface area contributed by atoms with Gasteiger partial charge in [0, 0.05) is 12.1 Å². The van der Waals surface area contributed by atoms with Crippen LogP contribution in [0.2, 0.25) is 0 Å². The van der Waals surface area contributed by atoms with E-state index in [1.807, 2.05) is 0 Å². The topological polar surface area (TPSA) is 92.5 Å². The Hall–Kier alpha value is -2.40. The van der Waals surface area contributed by atoms with Gasteiger partial charge in [-0.2, -0.15) is 17.5 Å². The first-order chi connectivity index (χ1) is 12.4. The maximum absolute atomic E-state index is 12.9. The lowest BCUT2D eigenvalue weighted by Crippen LogP contribution is -2.42. The molecule has 11 heteroatoms. The molecule has 2 rings (SSSR count). The number of carbonyl (C=O) groups excluding carboxylic acids is 1. The summed E-state index contributed by atoms with van der Waals surface area (Å²) in [6.45, 7) is 4.04. The Kier molecular flexibility index (Phi) is 5.95. The van der Waals surface area contributed by atoms with Crippen LogP contribution in [0.3, 0.4) is 0 Å². The monoisotopic (exact) mass is 405 g/mol. The minimum Gasteiger partial charge on any atom is -0.360 e. The number of alkyl halides is 3. The number of hydrogen-bond donors (Lipinski definition) is 1. The molecule has 1 amide bonds. The summed E-state index contributed by atoms with van der Waals surface area (Å²) in [4.78, 5) is 11.6. The predicted octanol–water partition coefficient (Wildman–Crippen LogP) is 3.04. The summed E-state index contributed by atoms with van der Waals surface area (Å²) >= 11 is 0. The summed E-state index contributed by atoms with van der Waals surface area (Å²) in [5.41, 5.74) is -1.09. The van der Waals surface area contributed by atoms with E-state index >= 15 is 0 Å². The maximum atomic E-state index is 12.9. The highest BCUT2D eigenvalue weighted by Gasteiger charge is 2.34. The summed E-state index contributed by atoms with van der Waals surface area (Å²) in [6, 6.07) is 4.15. The fourth-order valence-electron chi connectivity index (χ4n) is 2.26. The molecule has 0 aliphatic heterocycles. The minimum absolute atomic E-state index is 0.109. The molecule has 1 aromatic heterocycles. The second-order valence-electron chi connectivity index (χ2n) is 6.04. The minimum atomic E-state index is -4.68. The summed E-state index contributed by atoms with van der Waals surface area (Å²) < 4.78 is 69.8. The number of hydrogen-bond acceptors (Lipinski definition) is 5. The van der Waals surface area contributed by atoms with Crippen LogP contribution in [0.5, 0.6) is 0 Å². The Bertz CT molecular complexity index is 923. The quantitative estimate of drug-likeness (QED) is 0.798. The van der Waals surface area contributed by atoms with Crippen molar-refractivity contribution in [3.8, 4) is 0 Å². The van der Waals surface area contributed by atoms with Gasteiger partial charge in [0.25, 0.3) is 0 Å². The number of aryl methyl sites for hydroxylation is 1. The zero-order valence-electron chi connectivity index (χ0n) is 14.7. The third-order valence-corrected chi connectivity index (χ3v) is 5.56. The molecular weight excluding hydrogens is 387 g/mol. The average molecular weight is 405 g/mol. The fraction of sp³-hybridized carbons (Fsp3) is 0.375. The van der Waals surface area contributed by atoms with Crippen LogP contribution < -0.4 is 5.32 Å². The number of sulfonamides is 1. The van der Waals surface area contributed by atoms with Crippen molar-refractivity contribution in [3.63, 3.8) is 0 Å². The number of nitrogens with one attached hydrogen (secondary N) is 1. The molecule has 7 nitrogen and oxygen atoms in total. The number of amides is 1. The molecule has 2 aromatic rings. The van der Waals surface area contributed by atoms with E-state index in [2.05, 4.69) is 10.5 Å². The fourth-order valence-corrected chi connectivity index (χ4v) is 3.90. The van der Waals surface area contributed by atoms with E-state index in [1.54, 1.807) is 6.92 Å². The van der Waals surface area contributed by atoms with E-state index in [4.69, 9.17) is 4.52 Å². The molecule has 0 saturated carbocycles. The first-order valence-electron chi connectivity index (χ1n) is 7.83. The second kappa shape index (κ2) is 7.69. The molecule has 0 aliphatic carbocycles. The molecular formula is C16H18F3N3O4S. The highest BCUT2D eigenvalue weighted by molar-refractivity contribution is 7.89. The van der Waals surface area contributed by atoms with Crippen LogP contribution in [0.15, 0.2) is 39.8 Å². The molecule has 1 N–H and O–H groups in total. The Labute approximate surface area is 154 Å². The standard InChI is InChI=1S/C16H18F3N3O4S/c1-10(2)22(9-15(23)20-14-7-11(3)26-21-14)27(24,25)13-6-4-5-12(8-13)16(17,18)19/h4-8,10H,9H2,1-3H3,(H,20,21,23). The summed E-state index contributed by atoms with van der Waals surface area (Å²) in [6.07, 6.45) is -4.68. The van der Waals surface area contributed by atoms with Crippen molar-refractivity contribution in [1.29, 1.82) is 0 Å². The summed E-state index contributed by atoms with van der Waals surface area (Å²) in [5.74, 6) is -0.146. The lowest BCUT2D eigenvalue weighted by Gasteiger charge is -2.25. The van der Waals surface area contributed by atoms with E-state index in [0.29, 0.717) is 11.8 Å². The third kappa shape index (κ3) is 5.07. The van der Waals surface area contributed by atoms with Crippen LogP contribution in [-0.4, -0.2) is 36.4 Å². The van der Waals surface area contributed by atoms with Crippen LogP contribution in [0.1, 0.15) is 25.2 Å². The highest BCUT2D eigenvalue weighted by Crippen LogP contribution is 2.31. The first-order valence-corrected chi connectivity index (χ1v) is 9.27. The Morgan fingerprint density at radius 3 is 2.48 bits per heavy atom. The number of carbonyl (C=O) groups is 1. The van der Waals surface area contributed by atoms with Crippen LogP contribution in [0.25, 0.3) is 0 Å². The molecule has 1 aromatic carbocycles. The van der Waals surface area contributed by atoms with Crippen LogP contribution in [0.4, 0.5) is 19.0 Å². The average Bonchev–Trinajstić information content (AvgIpc) is 2.96. The Morgan fingerprint density at radius 1 is 1.30 bits per heavy atom. The molecule has 0 fully saturated rings. The largest absolute Gasteiger partial charge is 0.416 e. The third-order valence-electron chi connectivity index (χ3n) is 3.54. The molecule has 0 radical (unpaired) electrons. The molecule has 0 spiro atoms. The first kappa shape index (κ1) is 20.9. The number of halogens is 3. The lowest BCUT2D eigenvalue weighted by atomic mass is 10.2. The van der Waals surface area contributed by atoms with Gasteiger partial charge in [-0.3, -0.25) is 4.79 Å². The van der Waals surface area contributed by atoms with Gasteiger partial charge in [-0.15, -0.1) is 0 Å². The molecule has 27 heavy (non-hydrogen) atoms. The zero-order valence-corrected chi connectivity index (χ0v) is 15.6. The van der Waals surface area contributed by atoms with Crippen molar-refractivity contribution < 1.29 is 30.9 Å². The molecule has 0 aliphatic rings. The highest BCUT2D eigenvalue weighted by atomic mass is 32.2. The Morgan fingerprint density at radius 2 is 1.96 bits per heavy atom. The van der Waals surface area contributed by atoms with Gasteiger partial charge in [-0.05, 0) is 39.0 Å². The van der Waals surface area contributed by atoms with Crippen molar-refractivity contribution in [2.75, 3.05) is 11.9 Å². The smallest absolute Gasteiger partial charge is 0.360 e. The summed E-state index contributed by atoms with van der Waals surface area (Å²) in [5, 5.41) is 5.94. The number of benzene rings is 1.